The summed E-state index contributed by atoms with van der Waals surface area (Å²) >= 11 is 1.59. The van der Waals surface area contributed by atoms with Crippen LogP contribution in [0.3, 0.4) is 0 Å². The maximum absolute atomic E-state index is 9.64. The van der Waals surface area contributed by atoms with E-state index in [1.165, 1.54) is 57.8 Å². The topological polar surface area (TPSA) is 80.9 Å². The molecule has 0 aromatic heterocycles. The largest absolute Gasteiger partial charge is 0.394 e. The summed E-state index contributed by atoms with van der Waals surface area (Å²) in [5.41, 5.74) is 0. The molecule has 3 atom stereocenters. The molecule has 0 amide bonds. The van der Waals surface area contributed by atoms with Gasteiger partial charge in [-0.3, -0.25) is 0 Å². The van der Waals surface area contributed by atoms with Crippen LogP contribution in [0, 0.1) is 0 Å². The van der Waals surface area contributed by atoms with E-state index in [0.29, 0.717) is 5.75 Å². The van der Waals surface area contributed by atoms with Gasteiger partial charge in [-0.2, -0.15) is 11.8 Å². The maximum atomic E-state index is 9.64. The van der Waals surface area contributed by atoms with Crippen LogP contribution in [-0.2, 0) is 0 Å². The Hall–Kier alpha value is 0.190. The van der Waals surface area contributed by atoms with E-state index in [4.69, 9.17) is 5.11 Å². The van der Waals surface area contributed by atoms with Crippen LogP contribution in [0.4, 0.5) is 0 Å². The first-order chi connectivity index (χ1) is 10.6. The fraction of sp³-hybridized carbons (Fsp3) is 1.00. The van der Waals surface area contributed by atoms with Gasteiger partial charge in [-0.1, -0.05) is 64.7 Å². The smallest absolute Gasteiger partial charge is 0.109 e. The van der Waals surface area contributed by atoms with E-state index in [9.17, 15) is 15.3 Å². The van der Waals surface area contributed by atoms with Crippen molar-refractivity contribution in [2.24, 2.45) is 0 Å². The maximum Gasteiger partial charge on any atom is 0.109 e. The Balaban J connectivity index is 3.26. The predicted molar refractivity (Wildman–Crippen MR) is 94.3 cm³/mol. The van der Waals surface area contributed by atoms with Crippen LogP contribution in [0.1, 0.15) is 71.1 Å². The van der Waals surface area contributed by atoms with Crippen LogP contribution in [-0.4, -0.2) is 56.9 Å². The third kappa shape index (κ3) is 12.7. The summed E-state index contributed by atoms with van der Waals surface area (Å²) in [6.45, 7) is 1.72. The second-order valence-electron chi connectivity index (χ2n) is 6.06. The van der Waals surface area contributed by atoms with Crippen molar-refractivity contribution in [1.29, 1.82) is 0 Å². The lowest BCUT2D eigenvalue weighted by atomic mass is 10.1. The lowest BCUT2D eigenvalue weighted by Crippen LogP contribution is -2.40. The molecule has 0 aliphatic carbocycles. The summed E-state index contributed by atoms with van der Waals surface area (Å²) in [4.78, 5) is 0. The summed E-state index contributed by atoms with van der Waals surface area (Å²) in [7, 11) is 0. The van der Waals surface area contributed by atoms with Crippen LogP contribution in [0.15, 0.2) is 0 Å². The minimum absolute atomic E-state index is 0.398. The molecule has 0 rings (SSSR count). The van der Waals surface area contributed by atoms with Gasteiger partial charge in [0.1, 0.15) is 12.2 Å². The summed E-state index contributed by atoms with van der Waals surface area (Å²) in [5.74, 6) is 1.37. The van der Waals surface area contributed by atoms with Gasteiger partial charge in [-0.25, -0.2) is 0 Å². The summed E-state index contributed by atoms with van der Waals surface area (Å²) < 4.78 is 0. The van der Waals surface area contributed by atoms with Crippen molar-refractivity contribution in [3.63, 3.8) is 0 Å². The predicted octanol–water partition coefficient (Wildman–Crippen LogP) is 2.72. The normalized spacial score (nSPS) is 15.7. The van der Waals surface area contributed by atoms with Gasteiger partial charge in [0.25, 0.3) is 0 Å². The van der Waals surface area contributed by atoms with Gasteiger partial charge in [-0.05, 0) is 12.2 Å². The number of hydrogen-bond donors (Lipinski definition) is 4. The molecule has 0 unspecified atom stereocenters. The molecule has 0 saturated carbocycles. The number of aliphatic hydroxyl groups is 4. The van der Waals surface area contributed by atoms with Crippen molar-refractivity contribution in [3.05, 3.63) is 0 Å². The molecule has 0 aromatic carbocycles. The Morgan fingerprint density at radius 1 is 0.727 bits per heavy atom. The zero-order chi connectivity index (χ0) is 16.6. The molecule has 0 bridgehead atoms. The van der Waals surface area contributed by atoms with Crippen LogP contribution in [0.25, 0.3) is 0 Å². The van der Waals surface area contributed by atoms with Gasteiger partial charge in [0.15, 0.2) is 0 Å². The molecule has 0 aliphatic heterocycles. The van der Waals surface area contributed by atoms with Gasteiger partial charge in [0.2, 0.25) is 0 Å². The van der Waals surface area contributed by atoms with E-state index in [-0.39, 0.29) is 0 Å². The summed E-state index contributed by atoms with van der Waals surface area (Å²) in [5, 5.41) is 37.0. The van der Waals surface area contributed by atoms with Gasteiger partial charge in [0, 0.05) is 5.75 Å². The molecule has 0 saturated heterocycles. The van der Waals surface area contributed by atoms with Gasteiger partial charge < -0.3 is 20.4 Å². The average molecular weight is 337 g/mol. The quantitative estimate of drug-likeness (QED) is 0.326. The first-order valence-electron chi connectivity index (χ1n) is 8.86. The Kier molecular flexibility index (Phi) is 16.2. The first-order valence-corrected chi connectivity index (χ1v) is 10.0. The summed E-state index contributed by atoms with van der Waals surface area (Å²) in [6.07, 6.45) is 9.61. The third-order valence-electron chi connectivity index (χ3n) is 3.91. The lowest BCUT2D eigenvalue weighted by molar-refractivity contribution is -0.0683. The van der Waals surface area contributed by atoms with Crippen LogP contribution in [0.2, 0.25) is 0 Å². The van der Waals surface area contributed by atoms with E-state index < -0.39 is 24.9 Å². The molecule has 4 N–H and O–H groups in total. The Morgan fingerprint density at radius 3 is 1.73 bits per heavy atom. The van der Waals surface area contributed by atoms with Gasteiger partial charge >= 0.3 is 0 Å². The second kappa shape index (κ2) is 16.1. The average Bonchev–Trinajstić information content (AvgIpc) is 2.54. The molecule has 0 aliphatic rings. The highest BCUT2D eigenvalue weighted by molar-refractivity contribution is 7.99. The van der Waals surface area contributed by atoms with Crippen molar-refractivity contribution in [3.8, 4) is 0 Å². The molecule has 4 nitrogen and oxygen atoms in total. The fourth-order valence-electron chi connectivity index (χ4n) is 2.36. The van der Waals surface area contributed by atoms with Crippen molar-refractivity contribution in [1.82, 2.24) is 0 Å². The van der Waals surface area contributed by atoms with Crippen LogP contribution >= 0.6 is 11.8 Å². The molecule has 0 aromatic rings. The van der Waals surface area contributed by atoms with Gasteiger partial charge in [-0.15, -0.1) is 0 Å². The van der Waals surface area contributed by atoms with Crippen molar-refractivity contribution >= 4 is 11.8 Å². The van der Waals surface area contributed by atoms with Crippen molar-refractivity contribution in [2.45, 2.75) is 89.4 Å². The number of aliphatic hydroxyl groups excluding tert-OH is 4. The molecule has 134 valence electrons. The zero-order valence-electron chi connectivity index (χ0n) is 14.1. The highest BCUT2D eigenvalue weighted by atomic mass is 32.2. The molecule has 22 heavy (non-hydrogen) atoms. The highest BCUT2D eigenvalue weighted by Gasteiger charge is 2.23. The zero-order valence-corrected chi connectivity index (χ0v) is 14.9. The Bertz CT molecular complexity index is 229. The summed E-state index contributed by atoms with van der Waals surface area (Å²) in [6, 6.07) is 0. The lowest BCUT2D eigenvalue weighted by Gasteiger charge is -2.21. The van der Waals surface area contributed by atoms with Gasteiger partial charge in [0.05, 0.1) is 12.7 Å². The van der Waals surface area contributed by atoms with E-state index in [1.807, 2.05) is 0 Å². The molecule has 0 radical (unpaired) electrons. The van der Waals surface area contributed by atoms with Crippen molar-refractivity contribution < 1.29 is 20.4 Å². The Morgan fingerprint density at radius 2 is 1.23 bits per heavy atom. The monoisotopic (exact) mass is 336 g/mol. The highest BCUT2D eigenvalue weighted by Crippen LogP contribution is 2.14. The van der Waals surface area contributed by atoms with E-state index in [1.54, 1.807) is 11.8 Å². The number of hydrogen-bond acceptors (Lipinski definition) is 5. The standard InChI is InChI=1S/C17H36O4S/c1-2-3-4-5-6-7-8-9-10-11-12-22-14-16(20)17(21)15(19)13-18/h15-21H,2-14H2,1H3/t15-,16+,17-/m0/s1. The first kappa shape index (κ1) is 22.2. The van der Waals surface area contributed by atoms with Crippen molar-refractivity contribution in [2.75, 3.05) is 18.1 Å². The molecule has 0 spiro atoms. The van der Waals surface area contributed by atoms with E-state index in [2.05, 4.69) is 6.92 Å². The molecular formula is C17H36O4S. The van der Waals surface area contributed by atoms with E-state index in [0.717, 1.165) is 12.2 Å². The second-order valence-corrected chi connectivity index (χ2v) is 7.21. The number of rotatable bonds is 16. The number of thioether (sulfide) groups is 1. The van der Waals surface area contributed by atoms with Crippen LogP contribution < -0.4 is 0 Å². The minimum Gasteiger partial charge on any atom is -0.394 e. The Labute approximate surface area is 140 Å². The molecule has 5 heteroatoms. The molecular weight excluding hydrogens is 300 g/mol. The SMILES string of the molecule is CCCCCCCCCCCCSC[C@@H](O)[C@@H](O)[C@@H](O)CO. The third-order valence-corrected chi connectivity index (χ3v) is 5.06. The minimum atomic E-state index is -1.26. The number of unbranched alkanes of at least 4 members (excludes halogenated alkanes) is 9. The molecule has 0 fully saturated rings. The van der Waals surface area contributed by atoms with E-state index >= 15 is 0 Å². The fourth-order valence-corrected chi connectivity index (χ4v) is 3.37. The van der Waals surface area contributed by atoms with Crippen LogP contribution in [0.5, 0.6) is 0 Å². The molecule has 0 heterocycles.